The summed E-state index contributed by atoms with van der Waals surface area (Å²) in [5.41, 5.74) is 2.44. The van der Waals surface area contributed by atoms with Crippen molar-refractivity contribution in [1.29, 1.82) is 0 Å². The Morgan fingerprint density at radius 1 is 1.13 bits per heavy atom. The van der Waals surface area contributed by atoms with Gasteiger partial charge >= 0.3 is 5.97 Å². The number of carbonyl (C=O) groups excluding carboxylic acids is 1. The number of benzene rings is 2. The van der Waals surface area contributed by atoms with Crippen LogP contribution >= 0.6 is 22.9 Å². The highest BCUT2D eigenvalue weighted by Crippen LogP contribution is 2.31. The summed E-state index contributed by atoms with van der Waals surface area (Å²) in [6, 6.07) is 18.6. The van der Waals surface area contributed by atoms with Crippen molar-refractivity contribution in [3.05, 3.63) is 82.1 Å². The smallest absolute Gasteiger partial charge is 0.348 e. The summed E-state index contributed by atoms with van der Waals surface area (Å²) in [7, 11) is 0. The van der Waals surface area contributed by atoms with E-state index in [0.717, 1.165) is 27.2 Å². The van der Waals surface area contributed by atoms with E-state index in [1.54, 1.807) is 16.8 Å². The van der Waals surface area contributed by atoms with Gasteiger partial charge in [0.05, 0.1) is 11.4 Å². The number of hydrogen-bond donors (Lipinski definition) is 0. The fourth-order valence-electron chi connectivity index (χ4n) is 3.14. The number of aromatic nitrogens is 4. The third-order valence-corrected chi connectivity index (χ3v) is 5.94. The van der Waals surface area contributed by atoms with Crippen LogP contribution in [0.2, 0.25) is 5.02 Å². The number of rotatable bonds is 5. The standard InChI is InChI=1S/C22H15ClN4O3S/c1-13-17-11-18(31-21(17)27(26-13)16-9-5-8-15(23)10-16)22(28)29-12-19-24-25-20(30-19)14-6-3-2-4-7-14/h2-11H,12H2,1H3. The van der Waals surface area contributed by atoms with E-state index in [9.17, 15) is 4.79 Å². The molecule has 0 aliphatic carbocycles. The van der Waals surface area contributed by atoms with Gasteiger partial charge < -0.3 is 9.15 Å². The minimum Gasteiger partial charge on any atom is -0.451 e. The van der Waals surface area contributed by atoms with Crippen LogP contribution in [0, 0.1) is 6.92 Å². The third kappa shape index (κ3) is 3.83. The van der Waals surface area contributed by atoms with Gasteiger partial charge in [-0.15, -0.1) is 21.5 Å². The van der Waals surface area contributed by atoms with Crippen molar-refractivity contribution < 1.29 is 13.9 Å². The van der Waals surface area contributed by atoms with E-state index in [-0.39, 0.29) is 12.5 Å². The summed E-state index contributed by atoms with van der Waals surface area (Å²) in [6.45, 7) is 1.79. The molecule has 0 aliphatic rings. The molecule has 0 fully saturated rings. The van der Waals surface area contributed by atoms with Crippen LogP contribution in [0.1, 0.15) is 21.3 Å². The maximum Gasteiger partial charge on any atom is 0.348 e. The molecule has 3 heterocycles. The van der Waals surface area contributed by atoms with Crippen molar-refractivity contribution in [1.82, 2.24) is 20.0 Å². The summed E-state index contributed by atoms with van der Waals surface area (Å²) in [6.07, 6.45) is 0. The van der Waals surface area contributed by atoms with E-state index in [1.165, 1.54) is 11.3 Å². The van der Waals surface area contributed by atoms with Crippen molar-refractivity contribution in [2.24, 2.45) is 0 Å². The van der Waals surface area contributed by atoms with Crippen LogP contribution in [0.4, 0.5) is 0 Å². The monoisotopic (exact) mass is 450 g/mol. The number of halogens is 1. The third-order valence-electron chi connectivity index (χ3n) is 4.61. The summed E-state index contributed by atoms with van der Waals surface area (Å²) in [4.78, 5) is 13.9. The predicted molar refractivity (Wildman–Crippen MR) is 118 cm³/mol. The number of fused-ring (bicyclic) bond motifs is 1. The first-order valence-corrected chi connectivity index (χ1v) is 10.6. The maximum atomic E-state index is 12.6. The van der Waals surface area contributed by atoms with Crippen LogP contribution in [0.5, 0.6) is 0 Å². The van der Waals surface area contributed by atoms with Crippen molar-refractivity contribution in [2.45, 2.75) is 13.5 Å². The Morgan fingerprint density at radius 2 is 1.97 bits per heavy atom. The Kier molecular flexibility index (Phi) is 5.01. The second-order valence-corrected chi connectivity index (χ2v) is 8.22. The molecule has 0 bridgehead atoms. The molecule has 0 unspecified atom stereocenters. The summed E-state index contributed by atoms with van der Waals surface area (Å²) in [5.74, 6) is 0.151. The Balaban J connectivity index is 1.35. The molecule has 0 spiro atoms. The Labute approximate surface area is 185 Å². The van der Waals surface area contributed by atoms with Gasteiger partial charge in [0.15, 0.2) is 6.61 Å². The van der Waals surface area contributed by atoms with Gasteiger partial charge in [-0.1, -0.05) is 35.9 Å². The highest BCUT2D eigenvalue weighted by molar-refractivity contribution is 7.20. The summed E-state index contributed by atoms with van der Waals surface area (Å²) in [5, 5.41) is 14.0. The number of carbonyl (C=O) groups is 1. The topological polar surface area (TPSA) is 83.0 Å². The normalized spacial score (nSPS) is 11.2. The molecule has 0 aliphatic heterocycles. The molecule has 0 radical (unpaired) electrons. The molecule has 3 aromatic heterocycles. The molecule has 0 N–H and O–H groups in total. The molecule has 154 valence electrons. The zero-order valence-corrected chi connectivity index (χ0v) is 17.9. The lowest BCUT2D eigenvalue weighted by Gasteiger charge is -2.02. The number of esters is 1. The largest absolute Gasteiger partial charge is 0.451 e. The Hall–Kier alpha value is -3.49. The van der Waals surface area contributed by atoms with Crippen molar-refractivity contribution in [3.63, 3.8) is 0 Å². The van der Waals surface area contributed by atoms with Crippen LogP contribution in [0.15, 0.2) is 65.1 Å². The van der Waals surface area contributed by atoms with Gasteiger partial charge in [-0.3, -0.25) is 0 Å². The fourth-order valence-corrected chi connectivity index (χ4v) is 4.40. The van der Waals surface area contributed by atoms with Gasteiger partial charge in [0, 0.05) is 16.0 Å². The van der Waals surface area contributed by atoms with E-state index >= 15 is 0 Å². The van der Waals surface area contributed by atoms with Crippen LogP contribution in [-0.4, -0.2) is 25.9 Å². The van der Waals surface area contributed by atoms with Gasteiger partial charge in [-0.05, 0) is 43.3 Å². The molecule has 9 heteroatoms. The summed E-state index contributed by atoms with van der Waals surface area (Å²) >= 11 is 7.42. The number of ether oxygens (including phenoxy) is 1. The average molecular weight is 451 g/mol. The fraction of sp³-hybridized carbons (Fsp3) is 0.0909. The number of thiophene rings is 1. The zero-order chi connectivity index (χ0) is 21.4. The van der Waals surface area contributed by atoms with Crippen LogP contribution < -0.4 is 0 Å². The van der Waals surface area contributed by atoms with Crippen LogP contribution in [0.25, 0.3) is 27.4 Å². The molecule has 5 aromatic rings. The van der Waals surface area contributed by atoms with Crippen molar-refractivity contribution in [3.8, 4) is 17.1 Å². The molecule has 31 heavy (non-hydrogen) atoms. The molecule has 2 aromatic carbocycles. The second kappa shape index (κ2) is 7.98. The van der Waals surface area contributed by atoms with E-state index in [4.69, 9.17) is 20.8 Å². The molecular weight excluding hydrogens is 436 g/mol. The first kappa shape index (κ1) is 19.5. The molecule has 0 saturated heterocycles. The lowest BCUT2D eigenvalue weighted by Crippen LogP contribution is -2.03. The second-order valence-electron chi connectivity index (χ2n) is 6.75. The van der Waals surface area contributed by atoms with Crippen molar-refractivity contribution >= 4 is 39.1 Å². The molecular formula is C22H15ClN4O3S. The molecule has 7 nitrogen and oxygen atoms in total. The molecule has 0 amide bonds. The van der Waals surface area contributed by atoms with Gasteiger partial charge in [0.2, 0.25) is 5.89 Å². The zero-order valence-electron chi connectivity index (χ0n) is 16.3. The Morgan fingerprint density at radius 3 is 2.77 bits per heavy atom. The van der Waals surface area contributed by atoms with Crippen molar-refractivity contribution in [2.75, 3.05) is 0 Å². The van der Waals surface area contributed by atoms with Gasteiger partial charge in [0.1, 0.15) is 9.71 Å². The predicted octanol–water partition coefficient (Wildman–Crippen LogP) is 5.46. The minimum absolute atomic E-state index is 0.105. The first-order chi connectivity index (χ1) is 15.1. The summed E-state index contributed by atoms with van der Waals surface area (Å²) < 4.78 is 12.8. The SMILES string of the molecule is Cc1nn(-c2cccc(Cl)c2)c2sc(C(=O)OCc3nnc(-c4ccccc4)o3)cc12. The van der Waals surface area contributed by atoms with Gasteiger partial charge in [-0.2, -0.15) is 5.10 Å². The van der Waals surface area contributed by atoms with E-state index in [1.807, 2.05) is 55.5 Å². The van der Waals surface area contributed by atoms with Gasteiger partial charge in [-0.25, -0.2) is 9.48 Å². The molecule has 0 atom stereocenters. The number of nitrogens with zero attached hydrogens (tertiary/aromatic N) is 4. The van der Waals surface area contributed by atoms with E-state index < -0.39 is 5.97 Å². The highest BCUT2D eigenvalue weighted by Gasteiger charge is 2.19. The van der Waals surface area contributed by atoms with E-state index in [2.05, 4.69) is 15.3 Å². The van der Waals surface area contributed by atoms with Crippen LogP contribution in [0.3, 0.4) is 0 Å². The average Bonchev–Trinajstić information content (AvgIpc) is 3.50. The molecule has 0 saturated carbocycles. The first-order valence-electron chi connectivity index (χ1n) is 9.38. The highest BCUT2D eigenvalue weighted by atomic mass is 35.5. The van der Waals surface area contributed by atoms with Crippen LogP contribution in [-0.2, 0) is 11.3 Å². The Bertz CT molecular complexity index is 1390. The lowest BCUT2D eigenvalue weighted by molar-refractivity contribution is 0.0444. The maximum absolute atomic E-state index is 12.6. The number of hydrogen-bond acceptors (Lipinski definition) is 7. The number of aryl methyl sites for hydroxylation is 1. The minimum atomic E-state index is -0.460. The lowest BCUT2D eigenvalue weighted by atomic mass is 10.2. The van der Waals surface area contributed by atoms with E-state index in [0.29, 0.717) is 15.8 Å². The molecule has 5 rings (SSSR count). The quantitative estimate of drug-likeness (QED) is 0.331. The van der Waals surface area contributed by atoms with Gasteiger partial charge in [0.25, 0.3) is 5.89 Å².